The molecule has 0 saturated carbocycles. The monoisotopic (exact) mass is 435 g/mol. The summed E-state index contributed by atoms with van der Waals surface area (Å²) in [4.78, 5) is 4.63. The number of sulfone groups is 1. The first kappa shape index (κ1) is 22.6. The molecule has 0 spiro atoms. The lowest BCUT2D eigenvalue weighted by Gasteiger charge is -2.19. The fourth-order valence-corrected chi connectivity index (χ4v) is 4.12. The van der Waals surface area contributed by atoms with Gasteiger partial charge >= 0.3 is 0 Å². The Bertz CT molecular complexity index is 1040. The molecule has 3 rings (SSSR count). The molecule has 0 radical (unpaired) electrons. The lowest BCUT2D eigenvalue weighted by Crippen LogP contribution is -2.37. The zero-order valence-electron chi connectivity index (χ0n) is 18.0. The molecule has 162 valence electrons. The summed E-state index contributed by atoms with van der Waals surface area (Å²) in [6.07, 6.45) is 2.14. The van der Waals surface area contributed by atoms with E-state index in [-0.39, 0.29) is 0 Å². The van der Waals surface area contributed by atoms with E-state index in [0.717, 1.165) is 18.5 Å². The normalized spacial score (nSPS) is 12.0. The van der Waals surface area contributed by atoms with E-state index in [1.807, 2.05) is 24.3 Å². The van der Waals surface area contributed by atoms with E-state index in [9.17, 15) is 8.42 Å². The van der Waals surface area contributed by atoms with Crippen LogP contribution in [0.4, 0.5) is 0 Å². The number of aliphatic imine (C=N–C) groups is 1. The predicted octanol–water partition coefficient (Wildman–Crippen LogP) is 3.98. The minimum absolute atomic E-state index is 0.302. The van der Waals surface area contributed by atoms with Crippen LogP contribution in [-0.4, -0.2) is 34.2 Å². The molecule has 0 aromatic heterocycles. The molecule has 0 aliphatic rings. The van der Waals surface area contributed by atoms with Crippen molar-refractivity contribution in [1.29, 1.82) is 0 Å². The van der Waals surface area contributed by atoms with Crippen LogP contribution in [0.2, 0.25) is 0 Å². The molecule has 0 unspecified atom stereocenters. The third-order valence-electron chi connectivity index (χ3n) is 5.16. The van der Waals surface area contributed by atoms with E-state index in [1.54, 1.807) is 19.2 Å². The number of hydrogen-bond acceptors (Lipinski definition) is 3. The molecular weight excluding hydrogens is 406 g/mol. The van der Waals surface area contributed by atoms with Gasteiger partial charge < -0.3 is 10.6 Å². The van der Waals surface area contributed by atoms with Crippen LogP contribution in [0.15, 0.2) is 94.8 Å². The summed E-state index contributed by atoms with van der Waals surface area (Å²) in [5.74, 6) is 1.02. The molecule has 0 fully saturated rings. The van der Waals surface area contributed by atoms with E-state index < -0.39 is 9.84 Å². The first-order valence-electron chi connectivity index (χ1n) is 10.3. The highest BCUT2D eigenvalue weighted by Crippen LogP contribution is 2.27. The minimum atomic E-state index is -3.18. The van der Waals surface area contributed by atoms with Crippen molar-refractivity contribution in [1.82, 2.24) is 10.6 Å². The molecule has 0 aliphatic carbocycles. The van der Waals surface area contributed by atoms with Crippen LogP contribution in [-0.2, 0) is 16.4 Å². The van der Waals surface area contributed by atoms with Crippen molar-refractivity contribution in [3.8, 4) is 0 Å². The van der Waals surface area contributed by atoms with Gasteiger partial charge in [0, 0.05) is 32.3 Å². The lowest BCUT2D eigenvalue weighted by atomic mass is 9.88. The predicted molar refractivity (Wildman–Crippen MR) is 127 cm³/mol. The highest BCUT2D eigenvalue weighted by atomic mass is 32.2. The van der Waals surface area contributed by atoms with Crippen molar-refractivity contribution in [3.05, 3.63) is 102 Å². The molecule has 5 nitrogen and oxygen atoms in total. The fraction of sp³-hybridized carbons (Fsp3) is 0.240. The zero-order chi connectivity index (χ0) is 22.1. The van der Waals surface area contributed by atoms with Gasteiger partial charge in [0.2, 0.25) is 0 Å². The molecule has 0 aliphatic heterocycles. The van der Waals surface area contributed by atoms with Crippen LogP contribution in [0.5, 0.6) is 0 Å². The quantitative estimate of drug-likeness (QED) is 0.415. The summed E-state index contributed by atoms with van der Waals surface area (Å²) in [7, 11) is -1.43. The van der Waals surface area contributed by atoms with Crippen molar-refractivity contribution >= 4 is 15.8 Å². The van der Waals surface area contributed by atoms with Crippen LogP contribution in [0, 0.1) is 0 Å². The fourth-order valence-electron chi connectivity index (χ4n) is 3.49. The Balaban J connectivity index is 1.57. The molecule has 0 amide bonds. The summed E-state index contributed by atoms with van der Waals surface area (Å²) in [5.41, 5.74) is 3.58. The Hall–Kier alpha value is -3.12. The number of hydrogen-bond donors (Lipinski definition) is 2. The average molecular weight is 436 g/mol. The Morgan fingerprint density at radius 2 is 1.39 bits per heavy atom. The van der Waals surface area contributed by atoms with E-state index >= 15 is 0 Å². The van der Waals surface area contributed by atoms with Gasteiger partial charge in [0.05, 0.1) is 4.90 Å². The number of guanidine groups is 1. The summed E-state index contributed by atoms with van der Waals surface area (Å²) in [5, 5.41) is 6.67. The van der Waals surface area contributed by atoms with Gasteiger partial charge in [-0.25, -0.2) is 8.42 Å². The lowest BCUT2D eigenvalue weighted by molar-refractivity contribution is 0.602. The molecule has 0 bridgehead atoms. The minimum Gasteiger partial charge on any atom is -0.356 e. The molecule has 3 aromatic carbocycles. The van der Waals surface area contributed by atoms with Gasteiger partial charge in [0.25, 0.3) is 0 Å². The van der Waals surface area contributed by atoms with Crippen molar-refractivity contribution in [2.75, 3.05) is 19.8 Å². The average Bonchev–Trinajstić information content (AvgIpc) is 2.79. The number of nitrogens with zero attached hydrogens (tertiary/aromatic N) is 1. The van der Waals surface area contributed by atoms with E-state index in [0.29, 0.717) is 23.3 Å². The Labute approximate surface area is 185 Å². The maximum Gasteiger partial charge on any atom is 0.191 e. The number of nitrogens with one attached hydrogen (secondary N) is 2. The Morgan fingerprint density at radius 1 is 0.839 bits per heavy atom. The van der Waals surface area contributed by atoms with Crippen LogP contribution in [0.25, 0.3) is 0 Å². The Morgan fingerprint density at radius 3 is 1.87 bits per heavy atom. The third kappa shape index (κ3) is 6.69. The molecule has 6 heteroatoms. The second-order valence-electron chi connectivity index (χ2n) is 7.43. The maximum absolute atomic E-state index is 11.6. The van der Waals surface area contributed by atoms with Crippen molar-refractivity contribution in [3.63, 3.8) is 0 Å². The van der Waals surface area contributed by atoms with E-state index in [2.05, 4.69) is 64.2 Å². The molecule has 3 aromatic rings. The second kappa shape index (κ2) is 10.8. The number of rotatable bonds is 8. The summed E-state index contributed by atoms with van der Waals surface area (Å²) >= 11 is 0. The zero-order valence-corrected chi connectivity index (χ0v) is 18.8. The molecular formula is C25H29N3O2S. The smallest absolute Gasteiger partial charge is 0.191 e. The molecule has 0 saturated heterocycles. The SMILES string of the molecule is CN=C(NCCC(c1ccccc1)c1ccccc1)NCc1ccc(S(C)(=O)=O)cc1. The highest BCUT2D eigenvalue weighted by molar-refractivity contribution is 7.90. The van der Waals surface area contributed by atoms with Gasteiger partial charge in [-0.15, -0.1) is 0 Å². The van der Waals surface area contributed by atoms with Crippen molar-refractivity contribution < 1.29 is 8.42 Å². The van der Waals surface area contributed by atoms with Crippen molar-refractivity contribution in [2.45, 2.75) is 23.8 Å². The van der Waals surface area contributed by atoms with Crippen LogP contribution in [0.3, 0.4) is 0 Å². The Kier molecular flexibility index (Phi) is 7.84. The van der Waals surface area contributed by atoms with Crippen LogP contribution in [0.1, 0.15) is 29.0 Å². The van der Waals surface area contributed by atoms with Gasteiger partial charge in [0.15, 0.2) is 15.8 Å². The molecule has 0 heterocycles. The standard InChI is InChI=1S/C25H29N3O2S/c1-26-25(28-19-20-13-15-23(16-14-20)31(2,29)30)27-18-17-24(21-9-5-3-6-10-21)22-11-7-4-8-12-22/h3-16,24H,17-19H2,1-2H3,(H2,26,27,28). The topological polar surface area (TPSA) is 70.6 Å². The summed E-state index contributed by atoms with van der Waals surface area (Å²) in [6.45, 7) is 1.33. The highest BCUT2D eigenvalue weighted by Gasteiger charge is 2.14. The third-order valence-corrected chi connectivity index (χ3v) is 6.29. The summed E-state index contributed by atoms with van der Waals surface area (Å²) < 4.78 is 23.2. The van der Waals surface area contributed by atoms with E-state index in [1.165, 1.54) is 17.4 Å². The van der Waals surface area contributed by atoms with Gasteiger partial charge in [-0.3, -0.25) is 4.99 Å². The second-order valence-corrected chi connectivity index (χ2v) is 9.45. The van der Waals surface area contributed by atoms with Crippen LogP contribution >= 0.6 is 0 Å². The molecule has 2 N–H and O–H groups in total. The largest absolute Gasteiger partial charge is 0.356 e. The van der Waals surface area contributed by atoms with Gasteiger partial charge in [-0.2, -0.15) is 0 Å². The number of benzene rings is 3. The maximum atomic E-state index is 11.6. The van der Waals surface area contributed by atoms with Gasteiger partial charge in [0.1, 0.15) is 0 Å². The van der Waals surface area contributed by atoms with Gasteiger partial charge in [-0.05, 0) is 35.2 Å². The first-order valence-corrected chi connectivity index (χ1v) is 12.2. The molecule has 31 heavy (non-hydrogen) atoms. The molecule has 0 atom stereocenters. The van der Waals surface area contributed by atoms with Crippen molar-refractivity contribution in [2.24, 2.45) is 4.99 Å². The van der Waals surface area contributed by atoms with Crippen LogP contribution < -0.4 is 10.6 Å². The van der Waals surface area contributed by atoms with Gasteiger partial charge in [-0.1, -0.05) is 72.8 Å². The summed E-state index contributed by atoms with van der Waals surface area (Å²) in [6, 6.07) is 28.0. The van der Waals surface area contributed by atoms with E-state index in [4.69, 9.17) is 0 Å². The first-order chi connectivity index (χ1) is 15.0.